The number of phenolic OH excluding ortho intramolecular Hbond substituents is 1. The van der Waals surface area contributed by atoms with E-state index in [1.165, 1.54) is 6.92 Å². The summed E-state index contributed by atoms with van der Waals surface area (Å²) in [5.41, 5.74) is 2.54. The number of carbonyl (C=O) groups is 2. The number of Topliss-reactive ketones (excluding diaryl/α,β-unsaturated/α-hetero) is 1. The third-order valence-electron chi connectivity index (χ3n) is 4.58. The van der Waals surface area contributed by atoms with Gasteiger partial charge in [0.1, 0.15) is 5.75 Å². The van der Waals surface area contributed by atoms with Crippen LogP contribution in [0.1, 0.15) is 17.3 Å². The van der Waals surface area contributed by atoms with E-state index in [0.717, 1.165) is 24.5 Å². The van der Waals surface area contributed by atoms with Crippen LogP contribution in [0.25, 0.3) is 0 Å². The van der Waals surface area contributed by atoms with Gasteiger partial charge in [-0.1, -0.05) is 0 Å². The van der Waals surface area contributed by atoms with Crippen molar-refractivity contribution in [3.05, 3.63) is 54.1 Å². The summed E-state index contributed by atoms with van der Waals surface area (Å²) in [7, 11) is 0. The molecule has 6 heteroatoms. The summed E-state index contributed by atoms with van der Waals surface area (Å²) in [6, 6.07) is 14.3. The predicted octanol–water partition coefficient (Wildman–Crippen LogP) is 2.36. The first kappa shape index (κ1) is 17.8. The first-order valence-electron chi connectivity index (χ1n) is 8.69. The maximum atomic E-state index is 12.4. The first-order chi connectivity index (χ1) is 12.5. The van der Waals surface area contributed by atoms with Crippen molar-refractivity contribution in [2.75, 3.05) is 42.9 Å². The normalized spacial score (nSPS) is 14.2. The molecular formula is C20H23N3O3. The number of ketones is 1. The molecule has 136 valence electrons. The van der Waals surface area contributed by atoms with Crippen molar-refractivity contribution in [2.24, 2.45) is 0 Å². The molecule has 0 atom stereocenters. The Labute approximate surface area is 153 Å². The van der Waals surface area contributed by atoms with Crippen molar-refractivity contribution in [1.29, 1.82) is 0 Å². The molecule has 0 saturated carbocycles. The molecule has 26 heavy (non-hydrogen) atoms. The summed E-state index contributed by atoms with van der Waals surface area (Å²) in [5, 5.41) is 12.5. The molecule has 1 fully saturated rings. The van der Waals surface area contributed by atoms with Crippen LogP contribution < -0.4 is 10.2 Å². The summed E-state index contributed by atoms with van der Waals surface area (Å²) in [5.74, 6) is 0.343. The van der Waals surface area contributed by atoms with Gasteiger partial charge in [-0.05, 0) is 55.5 Å². The number of nitrogens with one attached hydrogen (secondary N) is 1. The van der Waals surface area contributed by atoms with Gasteiger partial charge >= 0.3 is 0 Å². The molecule has 1 heterocycles. The van der Waals surface area contributed by atoms with E-state index in [1.54, 1.807) is 24.3 Å². The smallest absolute Gasteiger partial charge is 0.241 e. The molecule has 6 nitrogen and oxygen atoms in total. The number of phenols is 1. The second-order valence-corrected chi connectivity index (χ2v) is 6.37. The zero-order valence-corrected chi connectivity index (χ0v) is 14.8. The van der Waals surface area contributed by atoms with Gasteiger partial charge < -0.3 is 20.2 Å². The highest BCUT2D eigenvalue weighted by atomic mass is 16.3. The van der Waals surface area contributed by atoms with Gasteiger partial charge in [0.05, 0.1) is 6.54 Å². The minimum atomic E-state index is 0.0270. The van der Waals surface area contributed by atoms with Crippen molar-refractivity contribution < 1.29 is 14.7 Å². The molecule has 0 unspecified atom stereocenters. The number of benzene rings is 2. The van der Waals surface area contributed by atoms with Crippen molar-refractivity contribution >= 4 is 23.1 Å². The van der Waals surface area contributed by atoms with E-state index < -0.39 is 0 Å². The fourth-order valence-electron chi connectivity index (χ4n) is 2.99. The summed E-state index contributed by atoms with van der Waals surface area (Å²) in [4.78, 5) is 27.7. The van der Waals surface area contributed by atoms with Gasteiger partial charge in [0.25, 0.3) is 0 Å². The van der Waals surface area contributed by atoms with E-state index in [4.69, 9.17) is 0 Å². The lowest BCUT2D eigenvalue weighted by atomic mass is 10.1. The second-order valence-electron chi connectivity index (χ2n) is 6.37. The third-order valence-corrected chi connectivity index (χ3v) is 4.58. The molecule has 0 radical (unpaired) electrons. The average Bonchev–Trinajstić information content (AvgIpc) is 2.67. The SMILES string of the molecule is CC(=O)c1ccc(NCC(=O)N2CCN(c3ccc(O)cc3)CC2)cc1. The van der Waals surface area contributed by atoms with E-state index in [-0.39, 0.29) is 24.0 Å². The molecule has 2 aromatic rings. The zero-order valence-electron chi connectivity index (χ0n) is 14.8. The Morgan fingerprint density at radius 3 is 2.15 bits per heavy atom. The highest BCUT2D eigenvalue weighted by Crippen LogP contribution is 2.20. The molecular weight excluding hydrogens is 330 g/mol. The number of nitrogens with zero attached hydrogens (tertiary/aromatic N) is 2. The fourth-order valence-corrected chi connectivity index (χ4v) is 2.99. The largest absolute Gasteiger partial charge is 0.508 e. The van der Waals surface area contributed by atoms with Crippen molar-refractivity contribution in [2.45, 2.75) is 6.92 Å². The average molecular weight is 353 g/mol. The molecule has 0 aliphatic carbocycles. The van der Waals surface area contributed by atoms with Crippen LogP contribution >= 0.6 is 0 Å². The molecule has 1 aliphatic heterocycles. The van der Waals surface area contributed by atoms with Gasteiger partial charge in [-0.15, -0.1) is 0 Å². The Bertz CT molecular complexity index is 764. The van der Waals surface area contributed by atoms with Crippen molar-refractivity contribution in [3.8, 4) is 5.75 Å². The lowest BCUT2D eigenvalue weighted by molar-refractivity contribution is -0.129. The maximum absolute atomic E-state index is 12.4. The molecule has 0 spiro atoms. The van der Waals surface area contributed by atoms with Crippen LogP contribution in [-0.4, -0.2) is 54.4 Å². The molecule has 3 rings (SSSR count). The van der Waals surface area contributed by atoms with E-state index >= 15 is 0 Å². The van der Waals surface area contributed by atoms with Crippen LogP contribution in [0.3, 0.4) is 0 Å². The van der Waals surface area contributed by atoms with E-state index in [0.29, 0.717) is 18.7 Å². The number of piperazine rings is 1. The quantitative estimate of drug-likeness (QED) is 0.808. The number of hydrogen-bond donors (Lipinski definition) is 2. The van der Waals surface area contributed by atoms with Crippen molar-refractivity contribution in [3.63, 3.8) is 0 Å². The molecule has 2 aromatic carbocycles. The third kappa shape index (κ3) is 4.33. The van der Waals surface area contributed by atoms with Crippen molar-refractivity contribution in [1.82, 2.24) is 4.90 Å². The Balaban J connectivity index is 1.47. The number of amides is 1. The van der Waals surface area contributed by atoms with Crippen LogP contribution in [0, 0.1) is 0 Å². The number of aromatic hydroxyl groups is 1. The summed E-state index contributed by atoms with van der Waals surface area (Å²) in [6.07, 6.45) is 0. The molecule has 1 amide bonds. The monoisotopic (exact) mass is 353 g/mol. The Kier molecular flexibility index (Phi) is 5.41. The number of hydrogen-bond acceptors (Lipinski definition) is 5. The number of anilines is 2. The van der Waals surface area contributed by atoms with Crippen LogP contribution in [0.5, 0.6) is 5.75 Å². The molecule has 0 aromatic heterocycles. The summed E-state index contributed by atoms with van der Waals surface area (Å²) < 4.78 is 0. The minimum Gasteiger partial charge on any atom is -0.508 e. The molecule has 2 N–H and O–H groups in total. The number of rotatable bonds is 5. The fraction of sp³-hybridized carbons (Fsp3) is 0.300. The lowest BCUT2D eigenvalue weighted by Crippen LogP contribution is -2.50. The second kappa shape index (κ2) is 7.91. The van der Waals surface area contributed by atoms with Crippen LogP contribution in [-0.2, 0) is 4.79 Å². The standard InChI is InChI=1S/C20H23N3O3/c1-15(24)16-2-4-17(5-3-16)21-14-20(26)23-12-10-22(11-13-23)18-6-8-19(25)9-7-18/h2-9,21,25H,10-14H2,1H3. The predicted molar refractivity (Wildman–Crippen MR) is 102 cm³/mol. The van der Waals surface area contributed by atoms with Gasteiger partial charge in [0, 0.05) is 43.1 Å². The van der Waals surface area contributed by atoms with Gasteiger partial charge in [-0.2, -0.15) is 0 Å². The van der Waals surface area contributed by atoms with E-state index in [1.807, 2.05) is 29.2 Å². The Morgan fingerprint density at radius 2 is 1.58 bits per heavy atom. The number of carbonyl (C=O) groups excluding carboxylic acids is 2. The lowest BCUT2D eigenvalue weighted by Gasteiger charge is -2.36. The van der Waals surface area contributed by atoms with Crippen LogP contribution in [0.4, 0.5) is 11.4 Å². The highest BCUT2D eigenvalue weighted by Gasteiger charge is 2.21. The topological polar surface area (TPSA) is 72.9 Å². The maximum Gasteiger partial charge on any atom is 0.241 e. The summed E-state index contributed by atoms with van der Waals surface area (Å²) >= 11 is 0. The zero-order chi connectivity index (χ0) is 18.5. The van der Waals surface area contributed by atoms with Crippen LogP contribution in [0.15, 0.2) is 48.5 Å². The Morgan fingerprint density at radius 1 is 0.962 bits per heavy atom. The van der Waals surface area contributed by atoms with E-state index in [9.17, 15) is 14.7 Å². The minimum absolute atomic E-state index is 0.0270. The molecule has 1 saturated heterocycles. The van der Waals surface area contributed by atoms with Crippen LogP contribution in [0.2, 0.25) is 0 Å². The first-order valence-corrected chi connectivity index (χ1v) is 8.69. The summed E-state index contributed by atoms with van der Waals surface area (Å²) in [6.45, 7) is 4.64. The molecule has 0 bridgehead atoms. The van der Waals surface area contributed by atoms with Gasteiger partial charge in [0.15, 0.2) is 5.78 Å². The Hall–Kier alpha value is -3.02. The van der Waals surface area contributed by atoms with Gasteiger partial charge in [0.2, 0.25) is 5.91 Å². The highest BCUT2D eigenvalue weighted by molar-refractivity contribution is 5.94. The van der Waals surface area contributed by atoms with Gasteiger partial charge in [-0.25, -0.2) is 0 Å². The molecule has 1 aliphatic rings. The van der Waals surface area contributed by atoms with Gasteiger partial charge in [-0.3, -0.25) is 9.59 Å². The van der Waals surface area contributed by atoms with E-state index in [2.05, 4.69) is 10.2 Å².